The number of amides is 2. The Morgan fingerprint density at radius 3 is 2.21 bits per heavy atom. The number of furan rings is 1. The van der Waals surface area contributed by atoms with Gasteiger partial charge in [0.15, 0.2) is 11.3 Å². The summed E-state index contributed by atoms with van der Waals surface area (Å²) >= 11 is 0. The molecule has 1 N–H and O–H groups in total. The number of aliphatic carboxylic acids is 1. The number of aromatic nitrogens is 1. The number of carboxylic acid groups (broad SMARTS) is 1. The first kappa shape index (κ1) is 29.2. The second-order valence-electron chi connectivity index (χ2n) is 15.8. The van der Waals surface area contributed by atoms with Crippen molar-refractivity contribution in [1.29, 1.82) is 0 Å². The van der Waals surface area contributed by atoms with Crippen LogP contribution in [-0.2, 0) is 15.0 Å². The minimum absolute atomic E-state index is 0.0811. The van der Waals surface area contributed by atoms with Crippen molar-refractivity contribution in [2.24, 2.45) is 16.7 Å². The Kier molecular flexibility index (Phi) is 6.82. The van der Waals surface area contributed by atoms with Crippen molar-refractivity contribution in [3.05, 3.63) is 29.2 Å². The summed E-state index contributed by atoms with van der Waals surface area (Å²) in [5, 5.41) is 9.55. The minimum atomic E-state index is -0.779. The molecule has 228 valence electrons. The number of hydrogen-bond donors (Lipinski definition) is 1. The van der Waals surface area contributed by atoms with Crippen molar-refractivity contribution in [2.75, 3.05) is 19.6 Å². The second-order valence-corrected chi connectivity index (χ2v) is 15.8. The first-order valence-corrected chi connectivity index (χ1v) is 15.9. The third kappa shape index (κ3) is 4.92. The maximum atomic E-state index is 13.9. The summed E-state index contributed by atoms with van der Waals surface area (Å²) in [6.07, 6.45) is 8.70. The number of carbonyl (C=O) groups is 3. The lowest BCUT2D eigenvalue weighted by atomic mass is 9.51. The van der Waals surface area contributed by atoms with Crippen molar-refractivity contribution < 1.29 is 23.9 Å². The van der Waals surface area contributed by atoms with Gasteiger partial charge in [-0.2, -0.15) is 0 Å². The van der Waals surface area contributed by atoms with E-state index in [0.29, 0.717) is 68.0 Å². The highest BCUT2D eigenvalue weighted by atomic mass is 16.4. The number of pyridine rings is 1. The van der Waals surface area contributed by atoms with E-state index in [1.165, 1.54) is 32.1 Å². The summed E-state index contributed by atoms with van der Waals surface area (Å²) in [4.78, 5) is 47.7. The molecule has 0 atom stereocenters. The second kappa shape index (κ2) is 9.81. The molecule has 0 aromatic carbocycles. The summed E-state index contributed by atoms with van der Waals surface area (Å²) in [7, 11) is 0. The van der Waals surface area contributed by atoms with Gasteiger partial charge in [0.2, 0.25) is 5.91 Å². The molecule has 1 spiro atoms. The Balaban J connectivity index is 1.18. The molecule has 4 aliphatic rings. The van der Waals surface area contributed by atoms with Gasteiger partial charge in [-0.25, -0.2) is 4.98 Å². The molecule has 0 unspecified atom stereocenters. The van der Waals surface area contributed by atoms with Crippen LogP contribution in [0, 0.1) is 16.7 Å². The van der Waals surface area contributed by atoms with E-state index < -0.39 is 16.9 Å². The topological polar surface area (TPSA) is 104 Å². The van der Waals surface area contributed by atoms with Gasteiger partial charge in [-0.1, -0.05) is 27.2 Å². The molecule has 0 radical (unpaired) electrons. The predicted molar refractivity (Wildman–Crippen MR) is 160 cm³/mol. The van der Waals surface area contributed by atoms with Gasteiger partial charge in [-0.05, 0) is 89.0 Å². The molecule has 6 rings (SSSR count). The molecule has 42 heavy (non-hydrogen) atoms. The van der Waals surface area contributed by atoms with Gasteiger partial charge in [0.05, 0.1) is 11.0 Å². The van der Waals surface area contributed by atoms with E-state index in [-0.39, 0.29) is 23.1 Å². The van der Waals surface area contributed by atoms with Gasteiger partial charge >= 0.3 is 5.97 Å². The molecule has 2 aromatic heterocycles. The van der Waals surface area contributed by atoms with Crippen molar-refractivity contribution in [1.82, 2.24) is 14.8 Å². The average molecular weight is 578 g/mol. The van der Waals surface area contributed by atoms with Crippen LogP contribution < -0.4 is 0 Å². The minimum Gasteiger partial charge on any atom is -0.481 e. The number of piperazine rings is 1. The van der Waals surface area contributed by atoms with Gasteiger partial charge < -0.3 is 19.3 Å². The van der Waals surface area contributed by atoms with E-state index in [1.807, 2.05) is 29.7 Å². The van der Waals surface area contributed by atoms with Crippen LogP contribution in [0.3, 0.4) is 0 Å². The lowest BCUT2D eigenvalue weighted by Gasteiger charge is -2.54. The maximum absolute atomic E-state index is 13.9. The normalized spacial score (nSPS) is 27.5. The van der Waals surface area contributed by atoms with Crippen LogP contribution in [0.15, 0.2) is 16.5 Å². The number of nitrogens with zero attached hydrogens (tertiary/aromatic N) is 3. The van der Waals surface area contributed by atoms with E-state index in [9.17, 15) is 19.5 Å². The van der Waals surface area contributed by atoms with E-state index in [4.69, 9.17) is 9.40 Å². The molecule has 1 saturated heterocycles. The summed E-state index contributed by atoms with van der Waals surface area (Å²) in [5.41, 5.74) is 2.76. The Hall–Kier alpha value is -2.90. The fourth-order valence-corrected chi connectivity index (χ4v) is 8.02. The molecule has 8 nitrogen and oxygen atoms in total. The van der Waals surface area contributed by atoms with E-state index >= 15 is 0 Å². The highest BCUT2D eigenvalue weighted by molar-refractivity contribution is 5.96. The Labute approximate surface area is 249 Å². The largest absolute Gasteiger partial charge is 0.481 e. The van der Waals surface area contributed by atoms with Crippen molar-refractivity contribution in [3.8, 4) is 0 Å². The molecule has 3 aliphatic carbocycles. The van der Waals surface area contributed by atoms with Gasteiger partial charge in [0, 0.05) is 48.8 Å². The van der Waals surface area contributed by atoms with Crippen LogP contribution >= 0.6 is 0 Å². The third-order valence-corrected chi connectivity index (χ3v) is 11.1. The Morgan fingerprint density at radius 1 is 1.00 bits per heavy atom. The zero-order valence-electron chi connectivity index (χ0n) is 26.2. The number of carbonyl (C=O) groups excluding carboxylic acids is 2. The number of hydrogen-bond acceptors (Lipinski definition) is 5. The number of fused-ring (bicyclic) bond motifs is 1. The maximum Gasteiger partial charge on any atom is 0.309 e. The highest BCUT2D eigenvalue weighted by Gasteiger charge is 2.49. The molecule has 2 aromatic rings. The molecule has 1 aliphatic heterocycles. The Bertz CT molecular complexity index is 1410. The number of rotatable bonds is 4. The third-order valence-electron chi connectivity index (χ3n) is 11.1. The molecule has 3 heterocycles. The van der Waals surface area contributed by atoms with Gasteiger partial charge in [0.1, 0.15) is 5.52 Å². The summed E-state index contributed by atoms with van der Waals surface area (Å²) in [6, 6.07) is 4.04. The quantitative estimate of drug-likeness (QED) is 0.444. The lowest BCUT2D eigenvalue weighted by Crippen LogP contribution is -2.62. The van der Waals surface area contributed by atoms with Crippen LogP contribution in [0.25, 0.3) is 11.1 Å². The molecular weight excluding hydrogens is 530 g/mol. The van der Waals surface area contributed by atoms with Crippen LogP contribution in [0.4, 0.5) is 0 Å². The monoisotopic (exact) mass is 577 g/mol. The molecule has 0 bridgehead atoms. The van der Waals surface area contributed by atoms with Crippen molar-refractivity contribution in [3.63, 3.8) is 0 Å². The van der Waals surface area contributed by atoms with Gasteiger partial charge in [-0.3, -0.25) is 14.4 Å². The summed E-state index contributed by atoms with van der Waals surface area (Å²) in [5.74, 6) is -0.236. The molecule has 2 amide bonds. The molecular formula is C34H47N3O5. The van der Waals surface area contributed by atoms with E-state index in [0.717, 1.165) is 16.8 Å². The fraction of sp³-hybridized carbons (Fsp3) is 0.706. The smallest absolute Gasteiger partial charge is 0.309 e. The standard InChI is InChI=1S/C34H47N3O5/c1-31(2,3)23-16-24(22-18-34(19-22)10-7-11-34)35-25-17-26(42-27(23)25)29(39)37-15-14-36(20-32(37,4)5)28(38)21-8-12-33(6,13-9-21)30(40)41/h16-17,21-22H,7-15,18-20H2,1-6H3,(H,40,41). The molecule has 4 fully saturated rings. The molecule has 3 saturated carbocycles. The van der Waals surface area contributed by atoms with E-state index in [1.54, 1.807) is 6.92 Å². The van der Waals surface area contributed by atoms with Crippen LogP contribution in [0.2, 0.25) is 0 Å². The Morgan fingerprint density at radius 2 is 1.67 bits per heavy atom. The summed E-state index contributed by atoms with van der Waals surface area (Å²) in [6.45, 7) is 13.6. The predicted octanol–water partition coefficient (Wildman–Crippen LogP) is 6.52. The summed E-state index contributed by atoms with van der Waals surface area (Å²) < 4.78 is 6.32. The SMILES string of the molecule is CC1(C(=O)O)CCC(C(=O)N2CCN(C(=O)c3cc4nc(C5CC6(CCC6)C5)cc(C(C)(C)C)c4o3)C(C)(C)C2)CC1. The first-order valence-electron chi connectivity index (χ1n) is 15.9. The van der Waals surface area contributed by atoms with E-state index in [2.05, 4.69) is 26.8 Å². The van der Waals surface area contributed by atoms with Crippen LogP contribution in [0.1, 0.15) is 127 Å². The van der Waals surface area contributed by atoms with Crippen molar-refractivity contribution in [2.45, 2.75) is 116 Å². The lowest BCUT2D eigenvalue weighted by molar-refractivity contribution is -0.153. The average Bonchev–Trinajstić information content (AvgIpc) is 3.29. The fourth-order valence-electron chi connectivity index (χ4n) is 8.02. The zero-order chi connectivity index (χ0) is 30.2. The number of carboxylic acids is 1. The highest BCUT2D eigenvalue weighted by Crippen LogP contribution is 2.61. The van der Waals surface area contributed by atoms with Crippen molar-refractivity contribution >= 4 is 28.9 Å². The van der Waals surface area contributed by atoms with Gasteiger partial charge in [-0.15, -0.1) is 0 Å². The van der Waals surface area contributed by atoms with Crippen LogP contribution in [-0.4, -0.2) is 62.8 Å². The first-order chi connectivity index (χ1) is 19.6. The zero-order valence-corrected chi connectivity index (χ0v) is 26.2. The van der Waals surface area contributed by atoms with Crippen LogP contribution in [0.5, 0.6) is 0 Å². The van der Waals surface area contributed by atoms with Gasteiger partial charge in [0.25, 0.3) is 5.91 Å². The molecule has 8 heteroatoms.